The van der Waals surface area contributed by atoms with E-state index in [2.05, 4.69) is 4.18 Å². The Kier molecular flexibility index (Phi) is 3.62. The molecule has 0 unspecified atom stereocenters. The molecule has 0 aromatic rings. The number of hydrogen-bond acceptors (Lipinski definition) is 3. The van der Waals surface area contributed by atoms with Gasteiger partial charge in [0.15, 0.2) is 0 Å². The van der Waals surface area contributed by atoms with Crippen LogP contribution >= 0.6 is 0 Å². The molecule has 0 aromatic carbocycles. The van der Waals surface area contributed by atoms with Crippen molar-refractivity contribution in [2.75, 3.05) is 0 Å². The fraction of sp³-hybridized carbons (Fsp3) is 1.00. The molecular formula is C2F6NiO3S. The molecule has 0 saturated carbocycles. The maximum atomic E-state index is 11.3. The van der Waals surface area contributed by atoms with E-state index in [9.17, 15) is 34.8 Å². The maximum absolute atomic E-state index is 11.3. The molecule has 84 valence electrons. The van der Waals surface area contributed by atoms with Gasteiger partial charge in [0.1, 0.15) is 0 Å². The van der Waals surface area contributed by atoms with Gasteiger partial charge in [0.05, 0.1) is 0 Å². The average Bonchev–Trinajstić information content (AvgIpc) is 1.43. The SMILES string of the molecule is O=[S](=O)(OC(F)(F)F)[Ni][C](F)(F)F. The molecule has 3 nitrogen and oxygen atoms in total. The topological polar surface area (TPSA) is 43.4 Å². The molecule has 0 atom stereocenters. The number of alkyl halides is 6. The number of rotatable bonds is 2. The van der Waals surface area contributed by atoms with Crippen LogP contribution in [0.25, 0.3) is 0 Å². The molecule has 0 N–H and O–H groups in total. The molecule has 13 heavy (non-hydrogen) atoms. The van der Waals surface area contributed by atoms with Crippen molar-refractivity contribution in [3.05, 3.63) is 0 Å². The summed E-state index contributed by atoms with van der Waals surface area (Å²) in [4.78, 5) is 0. The van der Waals surface area contributed by atoms with Crippen molar-refractivity contribution in [1.29, 1.82) is 0 Å². The summed E-state index contributed by atoms with van der Waals surface area (Å²) in [7, 11) is -5.71. The van der Waals surface area contributed by atoms with E-state index >= 15 is 0 Å². The summed E-state index contributed by atoms with van der Waals surface area (Å²) in [5.41, 5.74) is 0. The van der Waals surface area contributed by atoms with Crippen LogP contribution in [0.15, 0.2) is 0 Å². The molecular weight excluding hydrogens is 277 g/mol. The van der Waals surface area contributed by atoms with Gasteiger partial charge in [-0.15, -0.1) is 0 Å². The molecule has 11 heteroatoms. The Hall–Kier alpha value is -0.0165. The first-order valence-electron chi connectivity index (χ1n) is 2.13. The normalized spacial score (nSPS) is 14.9. The second-order valence-electron chi connectivity index (χ2n) is 1.35. The van der Waals surface area contributed by atoms with Crippen molar-refractivity contribution in [1.82, 2.24) is 0 Å². The summed E-state index contributed by atoms with van der Waals surface area (Å²) in [5, 5.41) is -5.32. The van der Waals surface area contributed by atoms with Crippen molar-refractivity contribution in [2.45, 2.75) is 11.5 Å². The minimum absolute atomic E-state index is 2.08. The monoisotopic (exact) mass is 276 g/mol. The molecule has 0 heterocycles. The predicted molar refractivity (Wildman–Crippen MR) is 22.1 cm³/mol. The van der Waals surface area contributed by atoms with Gasteiger partial charge in [0, 0.05) is 0 Å². The molecule has 0 amide bonds. The fourth-order valence-corrected chi connectivity index (χ4v) is 1.87. The van der Waals surface area contributed by atoms with E-state index in [0.29, 0.717) is 0 Å². The zero-order valence-corrected chi connectivity index (χ0v) is 7.02. The number of hydrogen-bond donors (Lipinski definition) is 0. The Bertz CT molecular complexity index is 241. The Morgan fingerprint density at radius 3 is 1.62 bits per heavy atom. The van der Waals surface area contributed by atoms with Crippen LogP contribution in [0.3, 0.4) is 0 Å². The summed E-state index contributed by atoms with van der Waals surface area (Å²) < 4.78 is 89.4. The molecule has 0 bridgehead atoms. The van der Waals surface area contributed by atoms with E-state index in [1.807, 2.05) is 0 Å². The Balaban J connectivity index is 4.46. The molecule has 0 fully saturated rings. The molecule has 0 rings (SSSR count). The second-order valence-corrected chi connectivity index (χ2v) is 5.02. The van der Waals surface area contributed by atoms with Crippen LogP contribution in [0.4, 0.5) is 26.3 Å². The summed E-state index contributed by atoms with van der Waals surface area (Å²) in [6.45, 7) is 0. The van der Waals surface area contributed by atoms with Crippen LogP contribution in [-0.4, -0.2) is 19.9 Å². The molecule has 0 radical (unpaired) electrons. The van der Waals surface area contributed by atoms with E-state index < -0.39 is 33.5 Å². The Morgan fingerprint density at radius 1 is 1.00 bits per heavy atom. The fourth-order valence-electron chi connectivity index (χ4n) is 0.210. The first-order valence-corrected chi connectivity index (χ1v) is 5.09. The van der Waals surface area contributed by atoms with Crippen molar-refractivity contribution in [3.63, 3.8) is 0 Å². The van der Waals surface area contributed by atoms with Gasteiger partial charge in [-0.25, -0.2) is 0 Å². The average molecular weight is 277 g/mol. The van der Waals surface area contributed by atoms with E-state index in [1.54, 1.807) is 0 Å². The van der Waals surface area contributed by atoms with Crippen molar-refractivity contribution < 1.29 is 52.3 Å². The van der Waals surface area contributed by atoms with Gasteiger partial charge in [-0.1, -0.05) is 0 Å². The van der Waals surface area contributed by atoms with Crippen LogP contribution in [-0.2, 0) is 26.2 Å². The molecule has 0 aliphatic heterocycles. The third kappa shape index (κ3) is 8.32. The first-order chi connectivity index (χ1) is 5.41. The van der Waals surface area contributed by atoms with Crippen LogP contribution < -0.4 is 0 Å². The zero-order valence-electron chi connectivity index (χ0n) is 5.22. The van der Waals surface area contributed by atoms with Crippen LogP contribution in [0.5, 0.6) is 0 Å². The summed E-state index contributed by atoms with van der Waals surface area (Å²) >= 11 is -2.08. The third-order valence-electron chi connectivity index (χ3n) is 0.341. The standard InChI is InChI=1S/CF3O3S.CF3.Ni/c2-1(3,4)7-8(5)6;2-1(3)4;. The van der Waals surface area contributed by atoms with Crippen LogP contribution in [0.2, 0.25) is 0 Å². The number of halogens is 6. The second kappa shape index (κ2) is 3.62. The van der Waals surface area contributed by atoms with Crippen molar-refractivity contribution in [2.24, 2.45) is 0 Å². The van der Waals surface area contributed by atoms with Gasteiger partial charge >= 0.3 is 72.4 Å². The molecule has 0 saturated heterocycles. The van der Waals surface area contributed by atoms with Gasteiger partial charge in [-0.3, -0.25) is 0 Å². The van der Waals surface area contributed by atoms with Gasteiger partial charge in [0.25, 0.3) is 0 Å². The van der Waals surface area contributed by atoms with E-state index in [0.717, 1.165) is 0 Å². The van der Waals surface area contributed by atoms with Gasteiger partial charge < -0.3 is 0 Å². The van der Waals surface area contributed by atoms with Gasteiger partial charge in [-0.05, 0) is 0 Å². The van der Waals surface area contributed by atoms with Crippen LogP contribution in [0, 0.1) is 0 Å². The summed E-state index contributed by atoms with van der Waals surface area (Å²) in [6, 6.07) is 0. The zero-order chi connectivity index (χ0) is 10.9. The third-order valence-corrected chi connectivity index (χ3v) is 2.70. The van der Waals surface area contributed by atoms with E-state index in [1.165, 1.54) is 0 Å². The van der Waals surface area contributed by atoms with Crippen molar-refractivity contribution >= 4 is 8.64 Å². The quantitative estimate of drug-likeness (QED) is 0.565. The van der Waals surface area contributed by atoms with Crippen LogP contribution in [0.1, 0.15) is 0 Å². The van der Waals surface area contributed by atoms with Gasteiger partial charge in [0.2, 0.25) is 0 Å². The summed E-state index contributed by atoms with van der Waals surface area (Å²) in [5.74, 6) is 0. The Labute approximate surface area is 73.1 Å². The molecule has 0 spiro atoms. The van der Waals surface area contributed by atoms with Gasteiger partial charge in [-0.2, -0.15) is 0 Å². The van der Waals surface area contributed by atoms with E-state index in [-0.39, 0.29) is 0 Å². The van der Waals surface area contributed by atoms with Crippen molar-refractivity contribution in [3.8, 4) is 0 Å². The predicted octanol–water partition coefficient (Wildman–Crippen LogP) is 1.37. The minimum atomic E-state index is -5.71. The summed E-state index contributed by atoms with van der Waals surface area (Å²) in [6.07, 6.45) is -5.65. The Morgan fingerprint density at radius 2 is 1.38 bits per heavy atom. The first kappa shape index (κ1) is 13.0. The molecule has 0 aliphatic carbocycles. The molecule has 0 aliphatic rings. The van der Waals surface area contributed by atoms with E-state index in [4.69, 9.17) is 0 Å². The molecule has 0 aromatic heterocycles.